The number of methoxy groups -OCH3 is 1. The van der Waals surface area contributed by atoms with E-state index < -0.39 is 11.6 Å². The highest BCUT2D eigenvalue weighted by Gasteiger charge is 2.25. The summed E-state index contributed by atoms with van der Waals surface area (Å²) in [7, 11) is 1.66. The van der Waals surface area contributed by atoms with Crippen molar-refractivity contribution in [2.45, 2.75) is 38.1 Å². The first kappa shape index (κ1) is 23.9. The summed E-state index contributed by atoms with van der Waals surface area (Å²) in [6.45, 7) is 2.44. The second-order valence-electron chi connectivity index (χ2n) is 8.40. The molecule has 2 aromatic carbocycles. The van der Waals surface area contributed by atoms with Crippen LogP contribution in [0.25, 0.3) is 11.3 Å². The zero-order valence-electron chi connectivity index (χ0n) is 19.2. The van der Waals surface area contributed by atoms with Gasteiger partial charge in [-0.25, -0.2) is 13.8 Å². The third-order valence-corrected chi connectivity index (χ3v) is 6.14. The van der Waals surface area contributed by atoms with Gasteiger partial charge in [-0.2, -0.15) is 0 Å². The summed E-state index contributed by atoms with van der Waals surface area (Å²) < 4.78 is 38.3. The van der Waals surface area contributed by atoms with Crippen molar-refractivity contribution < 1.29 is 22.7 Å². The molecule has 1 unspecified atom stereocenters. The molecule has 4 rings (SSSR count). The standard InChI is InChI=1S/C26H29F2N3O3/c1-33-23-8-4-3-7-20(23)22(31-13-5-2-6-14-31)16-29-25(32)11-12-26-30-17-24(34-26)19-10-9-18(27)15-21(19)28/h3-4,7-10,15,17,22H,2,5-6,11-14,16H2,1H3,(H,29,32). The quantitative estimate of drug-likeness (QED) is 0.483. The number of ether oxygens (including phenoxy) is 1. The highest BCUT2D eigenvalue weighted by molar-refractivity contribution is 5.76. The summed E-state index contributed by atoms with van der Waals surface area (Å²) in [5.74, 6) is -0.160. The van der Waals surface area contributed by atoms with E-state index in [0.717, 1.165) is 49.4 Å². The van der Waals surface area contributed by atoms with E-state index in [-0.39, 0.29) is 36.1 Å². The molecule has 1 saturated heterocycles. The lowest BCUT2D eigenvalue weighted by molar-refractivity contribution is -0.121. The smallest absolute Gasteiger partial charge is 0.220 e. The largest absolute Gasteiger partial charge is 0.496 e. The molecule has 1 N–H and O–H groups in total. The Hall–Kier alpha value is -3.26. The molecule has 1 atom stereocenters. The first-order valence-electron chi connectivity index (χ1n) is 11.6. The molecule has 1 aromatic heterocycles. The van der Waals surface area contributed by atoms with Crippen LogP contribution in [0, 0.1) is 11.6 Å². The van der Waals surface area contributed by atoms with Crippen molar-refractivity contribution in [2.75, 3.05) is 26.7 Å². The SMILES string of the molecule is COc1ccccc1C(CNC(=O)CCc1ncc(-c2ccc(F)cc2F)o1)N1CCCCC1. The van der Waals surface area contributed by atoms with Crippen LogP contribution in [0.1, 0.15) is 43.2 Å². The molecule has 0 radical (unpaired) electrons. The third-order valence-electron chi connectivity index (χ3n) is 6.14. The minimum Gasteiger partial charge on any atom is -0.496 e. The Morgan fingerprint density at radius 3 is 2.74 bits per heavy atom. The maximum atomic E-state index is 14.0. The van der Waals surface area contributed by atoms with Gasteiger partial charge >= 0.3 is 0 Å². The molecule has 34 heavy (non-hydrogen) atoms. The number of halogens is 2. The highest BCUT2D eigenvalue weighted by Crippen LogP contribution is 2.31. The zero-order valence-corrected chi connectivity index (χ0v) is 19.2. The molecule has 3 aromatic rings. The number of likely N-dealkylation sites (tertiary alicyclic amines) is 1. The van der Waals surface area contributed by atoms with Crippen molar-refractivity contribution in [3.63, 3.8) is 0 Å². The molecule has 1 amide bonds. The third kappa shape index (κ3) is 5.80. The molecule has 180 valence electrons. The number of hydrogen-bond donors (Lipinski definition) is 1. The van der Waals surface area contributed by atoms with Crippen molar-refractivity contribution in [3.8, 4) is 17.1 Å². The molecular formula is C26H29F2N3O3. The van der Waals surface area contributed by atoms with Crippen LogP contribution in [0.15, 0.2) is 53.1 Å². The number of rotatable bonds is 9. The Bertz CT molecular complexity index is 1110. The lowest BCUT2D eigenvalue weighted by atomic mass is 10.0. The van der Waals surface area contributed by atoms with Gasteiger partial charge in [0.15, 0.2) is 11.7 Å². The molecule has 2 heterocycles. The van der Waals surface area contributed by atoms with Crippen LogP contribution in [0.3, 0.4) is 0 Å². The summed E-state index contributed by atoms with van der Waals surface area (Å²) in [5, 5.41) is 3.05. The van der Waals surface area contributed by atoms with Crippen LogP contribution in [0.5, 0.6) is 5.75 Å². The Kier molecular flexibility index (Phi) is 7.90. The Balaban J connectivity index is 1.36. The van der Waals surface area contributed by atoms with Gasteiger partial charge in [0, 0.05) is 31.0 Å². The normalized spacial score (nSPS) is 15.1. The van der Waals surface area contributed by atoms with Gasteiger partial charge in [-0.15, -0.1) is 0 Å². The summed E-state index contributed by atoms with van der Waals surface area (Å²) in [6, 6.07) is 11.2. The second-order valence-corrected chi connectivity index (χ2v) is 8.40. The van der Waals surface area contributed by atoms with E-state index in [0.29, 0.717) is 12.4 Å². The molecule has 6 nitrogen and oxygen atoms in total. The summed E-state index contributed by atoms with van der Waals surface area (Å²) in [5.41, 5.74) is 1.19. The topological polar surface area (TPSA) is 67.6 Å². The number of oxazole rings is 1. The fourth-order valence-electron chi connectivity index (χ4n) is 4.37. The lowest BCUT2D eigenvalue weighted by Gasteiger charge is -2.35. The number of nitrogens with zero attached hydrogens (tertiary/aromatic N) is 2. The van der Waals surface area contributed by atoms with Crippen LogP contribution in [-0.2, 0) is 11.2 Å². The fourth-order valence-corrected chi connectivity index (χ4v) is 4.37. The van der Waals surface area contributed by atoms with Crippen molar-refractivity contribution in [2.24, 2.45) is 0 Å². The summed E-state index contributed by atoms with van der Waals surface area (Å²) in [4.78, 5) is 19.2. The Morgan fingerprint density at radius 1 is 1.18 bits per heavy atom. The average molecular weight is 470 g/mol. The van der Waals surface area contributed by atoms with E-state index >= 15 is 0 Å². The Morgan fingerprint density at radius 2 is 1.97 bits per heavy atom. The van der Waals surface area contributed by atoms with Crippen molar-refractivity contribution in [1.82, 2.24) is 15.2 Å². The molecule has 0 bridgehead atoms. The average Bonchev–Trinajstić information content (AvgIpc) is 3.32. The zero-order chi connectivity index (χ0) is 23.9. The number of benzene rings is 2. The van der Waals surface area contributed by atoms with Crippen molar-refractivity contribution in [3.05, 3.63) is 71.8 Å². The van der Waals surface area contributed by atoms with E-state index in [1.54, 1.807) is 7.11 Å². The van der Waals surface area contributed by atoms with E-state index in [9.17, 15) is 13.6 Å². The predicted molar refractivity (Wildman–Crippen MR) is 124 cm³/mol. The van der Waals surface area contributed by atoms with Crippen LogP contribution in [-0.4, -0.2) is 42.5 Å². The maximum Gasteiger partial charge on any atom is 0.220 e. The number of amides is 1. The highest BCUT2D eigenvalue weighted by atomic mass is 19.1. The molecule has 1 fully saturated rings. The van der Waals surface area contributed by atoms with Gasteiger partial charge in [-0.1, -0.05) is 24.6 Å². The van der Waals surface area contributed by atoms with Crippen molar-refractivity contribution >= 4 is 5.91 Å². The first-order chi connectivity index (χ1) is 16.5. The van der Waals surface area contributed by atoms with Gasteiger partial charge < -0.3 is 14.5 Å². The van der Waals surface area contributed by atoms with Crippen LogP contribution in [0.2, 0.25) is 0 Å². The van der Waals surface area contributed by atoms with Crippen LogP contribution < -0.4 is 10.1 Å². The van der Waals surface area contributed by atoms with E-state index in [1.807, 2.05) is 24.3 Å². The number of nitrogens with one attached hydrogen (secondary N) is 1. The monoisotopic (exact) mass is 469 g/mol. The molecule has 0 aliphatic carbocycles. The fraction of sp³-hybridized carbons (Fsp3) is 0.385. The number of para-hydroxylation sites is 1. The maximum absolute atomic E-state index is 14.0. The number of carbonyl (C=O) groups excluding carboxylic acids is 1. The van der Waals surface area contributed by atoms with E-state index in [2.05, 4.69) is 15.2 Å². The lowest BCUT2D eigenvalue weighted by Crippen LogP contribution is -2.40. The Labute approximate surface area is 197 Å². The molecule has 1 aliphatic rings. The van der Waals surface area contributed by atoms with Gasteiger partial charge in [-0.05, 0) is 44.1 Å². The second kappa shape index (κ2) is 11.2. The summed E-state index contributed by atoms with van der Waals surface area (Å²) in [6.07, 6.45) is 5.35. The van der Waals surface area contributed by atoms with Gasteiger partial charge in [0.05, 0.1) is 24.9 Å². The predicted octanol–water partition coefficient (Wildman–Crippen LogP) is 4.90. The van der Waals surface area contributed by atoms with E-state index in [4.69, 9.17) is 9.15 Å². The summed E-state index contributed by atoms with van der Waals surface area (Å²) >= 11 is 0. The van der Waals surface area contributed by atoms with Gasteiger partial charge in [0.1, 0.15) is 17.4 Å². The molecule has 8 heteroatoms. The van der Waals surface area contributed by atoms with Gasteiger partial charge in [0.2, 0.25) is 5.91 Å². The minimum absolute atomic E-state index is 0.0233. The molecule has 1 aliphatic heterocycles. The number of hydrogen-bond acceptors (Lipinski definition) is 5. The number of carbonyl (C=O) groups is 1. The van der Waals surface area contributed by atoms with Gasteiger partial charge in [0.25, 0.3) is 0 Å². The number of aryl methyl sites for hydroxylation is 1. The van der Waals surface area contributed by atoms with Crippen molar-refractivity contribution in [1.29, 1.82) is 0 Å². The molecule has 0 saturated carbocycles. The first-order valence-corrected chi connectivity index (χ1v) is 11.6. The van der Waals surface area contributed by atoms with Gasteiger partial charge in [-0.3, -0.25) is 9.69 Å². The minimum atomic E-state index is -0.722. The molecular weight excluding hydrogens is 440 g/mol. The number of piperidine rings is 1. The van der Waals surface area contributed by atoms with Crippen LogP contribution >= 0.6 is 0 Å². The van der Waals surface area contributed by atoms with E-state index in [1.165, 1.54) is 18.7 Å². The van der Waals surface area contributed by atoms with Crippen LogP contribution in [0.4, 0.5) is 8.78 Å². The molecule has 0 spiro atoms. The number of aromatic nitrogens is 1.